The molecule has 0 unspecified atom stereocenters. The van der Waals surface area contributed by atoms with E-state index in [9.17, 15) is 0 Å². The van der Waals surface area contributed by atoms with Crippen LogP contribution in [0, 0.1) is 0 Å². The van der Waals surface area contributed by atoms with Crippen LogP contribution in [0.3, 0.4) is 0 Å². The first-order valence-corrected chi connectivity index (χ1v) is 6.07. The number of anilines is 1. The molecule has 0 saturated heterocycles. The van der Waals surface area contributed by atoms with E-state index >= 15 is 0 Å². The first kappa shape index (κ1) is 11.9. The highest BCUT2D eigenvalue weighted by Gasteiger charge is 2.09. The van der Waals surface area contributed by atoms with E-state index in [1.54, 1.807) is 0 Å². The second-order valence-corrected chi connectivity index (χ2v) is 5.19. The van der Waals surface area contributed by atoms with Gasteiger partial charge in [-0.25, -0.2) is 0 Å². The van der Waals surface area contributed by atoms with Gasteiger partial charge in [-0.2, -0.15) is 0 Å². The van der Waals surface area contributed by atoms with E-state index in [0.717, 1.165) is 13.0 Å². The molecule has 2 nitrogen and oxygen atoms in total. The van der Waals surface area contributed by atoms with Crippen molar-refractivity contribution in [3.8, 4) is 0 Å². The van der Waals surface area contributed by atoms with Crippen molar-refractivity contribution in [2.45, 2.75) is 25.8 Å². The van der Waals surface area contributed by atoms with E-state index in [1.165, 1.54) is 16.5 Å². The summed E-state index contributed by atoms with van der Waals surface area (Å²) < 4.78 is 0. The summed E-state index contributed by atoms with van der Waals surface area (Å²) in [5.41, 5.74) is 7.05. The molecule has 0 bridgehead atoms. The molecule has 2 rings (SSSR count). The number of nitrogens with one attached hydrogen (secondary N) is 1. The van der Waals surface area contributed by atoms with Crippen molar-refractivity contribution in [3.05, 3.63) is 42.5 Å². The smallest absolute Gasteiger partial charge is 0.0419 e. The summed E-state index contributed by atoms with van der Waals surface area (Å²) >= 11 is 0. The third-order valence-corrected chi connectivity index (χ3v) is 2.87. The minimum Gasteiger partial charge on any atom is -0.384 e. The lowest BCUT2D eigenvalue weighted by atomic mass is 10.0. The van der Waals surface area contributed by atoms with Gasteiger partial charge in [0.25, 0.3) is 0 Å². The van der Waals surface area contributed by atoms with E-state index < -0.39 is 0 Å². The van der Waals surface area contributed by atoms with Crippen molar-refractivity contribution in [3.63, 3.8) is 0 Å². The quantitative estimate of drug-likeness (QED) is 0.842. The maximum Gasteiger partial charge on any atom is 0.0419 e. The normalized spacial score (nSPS) is 11.7. The van der Waals surface area contributed by atoms with Gasteiger partial charge in [0.15, 0.2) is 0 Å². The van der Waals surface area contributed by atoms with Crippen molar-refractivity contribution in [2.24, 2.45) is 5.73 Å². The van der Waals surface area contributed by atoms with Gasteiger partial charge in [-0.05, 0) is 31.7 Å². The maximum atomic E-state index is 5.97. The van der Waals surface area contributed by atoms with Crippen LogP contribution in [-0.4, -0.2) is 12.1 Å². The van der Waals surface area contributed by atoms with Crippen LogP contribution in [0.25, 0.3) is 10.8 Å². The second-order valence-electron chi connectivity index (χ2n) is 5.19. The molecule has 0 aliphatic heterocycles. The summed E-state index contributed by atoms with van der Waals surface area (Å²) in [5.74, 6) is 0. The highest BCUT2D eigenvalue weighted by Crippen LogP contribution is 2.23. The van der Waals surface area contributed by atoms with Crippen LogP contribution in [0.2, 0.25) is 0 Å². The highest BCUT2D eigenvalue weighted by atomic mass is 14.9. The average molecular weight is 228 g/mol. The molecule has 0 atom stereocenters. The molecule has 0 aliphatic rings. The standard InChI is InChI=1S/C15H20N2/c1-15(2,16)10-11-17-14-9-5-7-12-6-3-4-8-13(12)14/h3-9,17H,10-11,16H2,1-2H3. The van der Waals surface area contributed by atoms with Gasteiger partial charge in [0.2, 0.25) is 0 Å². The van der Waals surface area contributed by atoms with Gasteiger partial charge < -0.3 is 11.1 Å². The molecule has 0 amide bonds. The Morgan fingerprint density at radius 3 is 2.53 bits per heavy atom. The van der Waals surface area contributed by atoms with Crippen molar-refractivity contribution in [1.82, 2.24) is 0 Å². The largest absolute Gasteiger partial charge is 0.384 e. The van der Waals surface area contributed by atoms with Gasteiger partial charge in [0, 0.05) is 23.2 Å². The third kappa shape index (κ3) is 3.21. The van der Waals surface area contributed by atoms with Gasteiger partial charge >= 0.3 is 0 Å². The minimum absolute atomic E-state index is 0.114. The maximum absolute atomic E-state index is 5.97. The van der Waals surface area contributed by atoms with Gasteiger partial charge in [-0.15, -0.1) is 0 Å². The zero-order chi connectivity index (χ0) is 12.3. The molecule has 0 aromatic heterocycles. The van der Waals surface area contributed by atoms with Crippen LogP contribution in [0.1, 0.15) is 20.3 Å². The summed E-state index contributed by atoms with van der Waals surface area (Å²) in [6.45, 7) is 5.01. The molecule has 0 fully saturated rings. The molecule has 0 heterocycles. The summed E-state index contributed by atoms with van der Waals surface area (Å²) in [7, 11) is 0. The summed E-state index contributed by atoms with van der Waals surface area (Å²) in [6.07, 6.45) is 0.955. The van der Waals surface area contributed by atoms with Crippen molar-refractivity contribution < 1.29 is 0 Å². The molecule has 3 N–H and O–H groups in total. The lowest BCUT2D eigenvalue weighted by molar-refractivity contribution is 0.491. The molecule has 90 valence electrons. The van der Waals surface area contributed by atoms with E-state index in [1.807, 2.05) is 0 Å². The third-order valence-electron chi connectivity index (χ3n) is 2.87. The average Bonchev–Trinajstić information content (AvgIpc) is 2.28. The molecule has 0 spiro atoms. The molecule has 0 radical (unpaired) electrons. The Hall–Kier alpha value is -1.54. The van der Waals surface area contributed by atoms with E-state index in [0.29, 0.717) is 0 Å². The van der Waals surface area contributed by atoms with E-state index in [4.69, 9.17) is 5.73 Å². The Labute approximate surface area is 103 Å². The summed E-state index contributed by atoms with van der Waals surface area (Å²) in [6, 6.07) is 14.7. The van der Waals surface area contributed by atoms with E-state index in [-0.39, 0.29) is 5.54 Å². The molecule has 0 aliphatic carbocycles. The molecular weight excluding hydrogens is 208 g/mol. The van der Waals surface area contributed by atoms with Crippen LogP contribution in [-0.2, 0) is 0 Å². The lowest BCUT2D eigenvalue weighted by Gasteiger charge is -2.19. The SMILES string of the molecule is CC(C)(N)CCNc1cccc2ccccc12. The van der Waals surface area contributed by atoms with Crippen LogP contribution in [0.5, 0.6) is 0 Å². The Bertz CT molecular complexity index is 492. The highest BCUT2D eigenvalue weighted by molar-refractivity contribution is 5.93. The van der Waals surface area contributed by atoms with Gasteiger partial charge in [-0.1, -0.05) is 36.4 Å². The Morgan fingerprint density at radius 1 is 1.06 bits per heavy atom. The van der Waals surface area contributed by atoms with Gasteiger partial charge in [0.05, 0.1) is 0 Å². The number of nitrogens with two attached hydrogens (primary N) is 1. The topological polar surface area (TPSA) is 38.0 Å². The molecule has 2 aromatic rings. The molecule has 2 heteroatoms. The predicted octanol–water partition coefficient (Wildman–Crippen LogP) is 3.38. The van der Waals surface area contributed by atoms with Crippen LogP contribution >= 0.6 is 0 Å². The van der Waals surface area contributed by atoms with Crippen LogP contribution < -0.4 is 11.1 Å². The van der Waals surface area contributed by atoms with E-state index in [2.05, 4.69) is 61.6 Å². The van der Waals surface area contributed by atoms with Crippen molar-refractivity contribution in [1.29, 1.82) is 0 Å². The minimum atomic E-state index is -0.114. The monoisotopic (exact) mass is 228 g/mol. The Kier molecular flexibility index (Phi) is 3.34. The molecular formula is C15H20N2. The fraction of sp³-hybridized carbons (Fsp3) is 0.333. The van der Waals surface area contributed by atoms with Crippen molar-refractivity contribution in [2.75, 3.05) is 11.9 Å². The first-order chi connectivity index (χ1) is 8.06. The summed E-state index contributed by atoms with van der Waals surface area (Å²) in [5, 5.41) is 6.00. The van der Waals surface area contributed by atoms with Crippen LogP contribution in [0.15, 0.2) is 42.5 Å². The van der Waals surface area contributed by atoms with Crippen molar-refractivity contribution >= 4 is 16.5 Å². The Balaban J connectivity index is 2.13. The number of fused-ring (bicyclic) bond motifs is 1. The zero-order valence-electron chi connectivity index (χ0n) is 10.5. The first-order valence-electron chi connectivity index (χ1n) is 6.07. The van der Waals surface area contributed by atoms with Crippen LogP contribution in [0.4, 0.5) is 5.69 Å². The molecule has 17 heavy (non-hydrogen) atoms. The second kappa shape index (κ2) is 4.76. The number of hydrogen-bond donors (Lipinski definition) is 2. The number of rotatable bonds is 4. The molecule has 2 aromatic carbocycles. The fourth-order valence-corrected chi connectivity index (χ4v) is 1.90. The number of hydrogen-bond acceptors (Lipinski definition) is 2. The lowest BCUT2D eigenvalue weighted by Crippen LogP contribution is -2.34. The predicted molar refractivity (Wildman–Crippen MR) is 75.3 cm³/mol. The summed E-state index contributed by atoms with van der Waals surface area (Å²) in [4.78, 5) is 0. The molecule has 0 saturated carbocycles. The fourth-order valence-electron chi connectivity index (χ4n) is 1.90. The number of benzene rings is 2. The zero-order valence-corrected chi connectivity index (χ0v) is 10.5. The van der Waals surface area contributed by atoms with Gasteiger partial charge in [-0.3, -0.25) is 0 Å². The van der Waals surface area contributed by atoms with Gasteiger partial charge in [0.1, 0.15) is 0 Å². The Morgan fingerprint density at radius 2 is 1.76 bits per heavy atom.